The molecule has 1 unspecified atom stereocenters. The normalized spacial score (nSPS) is 18.7. The van der Waals surface area contributed by atoms with E-state index < -0.39 is 5.60 Å². The average Bonchev–Trinajstić information content (AvgIpc) is 3.09. The smallest absolute Gasteiger partial charge is 0.410 e. The van der Waals surface area contributed by atoms with Crippen LogP contribution >= 0.6 is 11.9 Å². The fourth-order valence-electron chi connectivity index (χ4n) is 4.76. The monoisotopic (exact) mass is 513 g/mol. The summed E-state index contributed by atoms with van der Waals surface area (Å²) in [6, 6.07) is 10.1. The molecule has 0 saturated carbocycles. The first-order chi connectivity index (χ1) is 16.7. The number of hydrogen-bond donors (Lipinski definition) is 2. The van der Waals surface area contributed by atoms with Gasteiger partial charge in [0.05, 0.1) is 11.7 Å². The number of nitrogens with one attached hydrogen (secondary N) is 1. The van der Waals surface area contributed by atoms with Crippen LogP contribution in [0.25, 0.3) is 0 Å². The van der Waals surface area contributed by atoms with Gasteiger partial charge in [0.2, 0.25) is 0 Å². The van der Waals surface area contributed by atoms with Gasteiger partial charge >= 0.3 is 6.09 Å². The van der Waals surface area contributed by atoms with Gasteiger partial charge in [0.1, 0.15) is 16.4 Å². The highest BCUT2D eigenvalue weighted by molar-refractivity contribution is 7.97. The molecule has 0 aromatic carbocycles. The van der Waals surface area contributed by atoms with E-state index in [4.69, 9.17) is 14.9 Å². The van der Waals surface area contributed by atoms with E-state index in [-0.39, 0.29) is 23.1 Å². The number of aromatic nitrogens is 2. The summed E-state index contributed by atoms with van der Waals surface area (Å²) < 4.78 is 5.69. The number of amides is 1. The SMILES string of the molecule is CC(C)(C)OC(=O)N1C[C@@H](CCC(Nc2cccc(SN)n2)c2cc(C(C)(C)C)ccn2)CC1(C)C. The minimum atomic E-state index is -0.507. The Balaban J connectivity index is 1.79. The fourth-order valence-corrected chi connectivity index (χ4v) is 5.07. The van der Waals surface area contributed by atoms with Crippen molar-refractivity contribution >= 4 is 23.9 Å². The third-order valence-electron chi connectivity index (χ3n) is 6.61. The molecule has 0 aliphatic carbocycles. The highest BCUT2D eigenvalue weighted by atomic mass is 32.2. The molecular formula is C28H43N5O2S. The number of pyridine rings is 2. The lowest BCUT2D eigenvalue weighted by Crippen LogP contribution is -2.45. The number of carbonyl (C=O) groups is 1. The molecule has 2 atom stereocenters. The first-order valence-corrected chi connectivity index (χ1v) is 13.6. The number of carbonyl (C=O) groups excluding carboxylic acids is 1. The molecule has 1 amide bonds. The third-order valence-corrected chi connectivity index (χ3v) is 7.08. The Morgan fingerprint density at radius 1 is 1.25 bits per heavy atom. The zero-order valence-electron chi connectivity index (χ0n) is 23.1. The molecule has 2 aromatic rings. The van der Waals surface area contributed by atoms with Gasteiger partial charge < -0.3 is 15.0 Å². The van der Waals surface area contributed by atoms with Crippen LogP contribution in [0.1, 0.15) is 92.0 Å². The number of hydrogen-bond acceptors (Lipinski definition) is 7. The highest BCUT2D eigenvalue weighted by Gasteiger charge is 2.42. The van der Waals surface area contributed by atoms with E-state index in [9.17, 15) is 4.79 Å². The predicted molar refractivity (Wildman–Crippen MR) is 148 cm³/mol. The summed E-state index contributed by atoms with van der Waals surface area (Å²) in [4.78, 5) is 24.1. The highest BCUT2D eigenvalue weighted by Crippen LogP contribution is 2.38. The molecular weight excluding hydrogens is 470 g/mol. The summed E-state index contributed by atoms with van der Waals surface area (Å²) in [5.74, 6) is 1.15. The Kier molecular flexibility index (Phi) is 8.61. The molecule has 0 radical (unpaired) electrons. The number of likely N-dealkylation sites (tertiary alicyclic amines) is 1. The van der Waals surface area contributed by atoms with E-state index in [1.165, 1.54) is 5.56 Å². The second-order valence-corrected chi connectivity index (χ2v) is 13.1. The first kappa shape index (κ1) is 28.3. The summed E-state index contributed by atoms with van der Waals surface area (Å²) in [6.07, 6.45) is 4.42. The largest absolute Gasteiger partial charge is 0.444 e. The fraction of sp³-hybridized carbons (Fsp3) is 0.607. The minimum Gasteiger partial charge on any atom is -0.444 e. The average molecular weight is 514 g/mol. The van der Waals surface area contributed by atoms with Crippen molar-refractivity contribution in [1.29, 1.82) is 0 Å². The van der Waals surface area contributed by atoms with Crippen LogP contribution in [-0.4, -0.2) is 38.6 Å². The molecule has 36 heavy (non-hydrogen) atoms. The van der Waals surface area contributed by atoms with Crippen LogP contribution in [0.15, 0.2) is 41.6 Å². The van der Waals surface area contributed by atoms with Crippen LogP contribution < -0.4 is 10.5 Å². The molecule has 1 aliphatic heterocycles. The third kappa shape index (κ3) is 7.59. The summed E-state index contributed by atoms with van der Waals surface area (Å²) in [7, 11) is 0. The Morgan fingerprint density at radius 3 is 2.61 bits per heavy atom. The summed E-state index contributed by atoms with van der Waals surface area (Å²) in [5, 5.41) is 10.1. The van der Waals surface area contributed by atoms with Gasteiger partial charge in [-0.1, -0.05) is 26.8 Å². The molecule has 2 aromatic heterocycles. The zero-order chi connectivity index (χ0) is 26.7. The van der Waals surface area contributed by atoms with E-state index in [0.717, 1.165) is 47.7 Å². The zero-order valence-corrected chi connectivity index (χ0v) is 23.9. The van der Waals surface area contributed by atoms with Crippen LogP contribution in [-0.2, 0) is 10.2 Å². The van der Waals surface area contributed by atoms with Crippen molar-refractivity contribution in [1.82, 2.24) is 14.9 Å². The molecule has 198 valence electrons. The molecule has 0 spiro atoms. The van der Waals surface area contributed by atoms with Crippen molar-refractivity contribution < 1.29 is 9.53 Å². The van der Waals surface area contributed by atoms with Crippen molar-refractivity contribution in [3.05, 3.63) is 47.8 Å². The molecule has 1 saturated heterocycles. The minimum absolute atomic E-state index is 0.0171. The van der Waals surface area contributed by atoms with E-state index in [0.29, 0.717) is 12.5 Å². The molecule has 3 rings (SSSR count). The molecule has 8 heteroatoms. The van der Waals surface area contributed by atoms with Crippen LogP contribution in [0.4, 0.5) is 10.6 Å². The van der Waals surface area contributed by atoms with Crippen molar-refractivity contribution in [3.8, 4) is 0 Å². The number of anilines is 1. The van der Waals surface area contributed by atoms with Gasteiger partial charge in [0, 0.05) is 18.3 Å². The Bertz CT molecular complexity index is 1040. The molecule has 0 bridgehead atoms. The Hall–Kier alpha value is -2.32. The van der Waals surface area contributed by atoms with Crippen LogP contribution in [0.3, 0.4) is 0 Å². The van der Waals surface area contributed by atoms with Gasteiger partial charge in [-0.2, -0.15) is 0 Å². The number of nitrogens with zero attached hydrogens (tertiary/aromatic N) is 3. The number of ether oxygens (including phenoxy) is 1. The van der Waals surface area contributed by atoms with Gasteiger partial charge in [-0.25, -0.2) is 9.78 Å². The second kappa shape index (κ2) is 11.0. The van der Waals surface area contributed by atoms with Crippen molar-refractivity contribution in [2.75, 3.05) is 11.9 Å². The summed E-state index contributed by atoms with van der Waals surface area (Å²) in [5.41, 5.74) is 1.52. The first-order valence-electron chi connectivity index (χ1n) is 12.8. The maximum atomic E-state index is 12.9. The van der Waals surface area contributed by atoms with Gasteiger partial charge in [0.15, 0.2) is 0 Å². The number of rotatable bonds is 7. The van der Waals surface area contributed by atoms with Gasteiger partial charge in [-0.05, 0) is 107 Å². The maximum Gasteiger partial charge on any atom is 0.410 e. The summed E-state index contributed by atoms with van der Waals surface area (Å²) in [6.45, 7) is 17.3. The van der Waals surface area contributed by atoms with Gasteiger partial charge in [-0.3, -0.25) is 10.1 Å². The van der Waals surface area contributed by atoms with Crippen LogP contribution in [0, 0.1) is 5.92 Å². The van der Waals surface area contributed by atoms with Crippen molar-refractivity contribution in [2.45, 2.75) is 102 Å². The van der Waals surface area contributed by atoms with E-state index >= 15 is 0 Å². The van der Waals surface area contributed by atoms with Crippen molar-refractivity contribution in [2.24, 2.45) is 11.1 Å². The standard InChI is InChI=1S/C28H43N5O2S/c1-26(2,3)20-14-15-30-22(16-20)21(31-23-10-9-11-24(32-23)36-29)13-12-19-17-28(7,8)33(18-19)25(34)35-27(4,5)6/h9-11,14-16,19,21H,12-13,17-18,29H2,1-8H3,(H,31,32)/t19-,21?/m0/s1. The van der Waals surface area contributed by atoms with E-state index in [1.54, 1.807) is 0 Å². The van der Waals surface area contributed by atoms with E-state index in [1.807, 2.05) is 50.1 Å². The molecule has 3 N–H and O–H groups in total. The van der Waals surface area contributed by atoms with Crippen LogP contribution in [0.5, 0.6) is 0 Å². The lowest BCUT2D eigenvalue weighted by Gasteiger charge is -2.33. The molecule has 7 nitrogen and oxygen atoms in total. The van der Waals surface area contributed by atoms with Gasteiger partial charge in [-0.15, -0.1) is 0 Å². The molecule has 1 fully saturated rings. The molecule has 1 aliphatic rings. The van der Waals surface area contributed by atoms with Crippen molar-refractivity contribution in [3.63, 3.8) is 0 Å². The lowest BCUT2D eigenvalue weighted by atomic mass is 9.86. The quantitative estimate of drug-likeness (QED) is 0.397. The maximum absolute atomic E-state index is 12.9. The predicted octanol–water partition coefficient (Wildman–Crippen LogP) is 6.71. The van der Waals surface area contributed by atoms with E-state index in [2.05, 4.69) is 57.1 Å². The summed E-state index contributed by atoms with van der Waals surface area (Å²) >= 11 is 1.14. The Morgan fingerprint density at radius 2 is 1.97 bits per heavy atom. The lowest BCUT2D eigenvalue weighted by molar-refractivity contribution is 0.0131. The van der Waals surface area contributed by atoms with Crippen LogP contribution in [0.2, 0.25) is 0 Å². The Labute approximate surface area is 221 Å². The topological polar surface area (TPSA) is 93.4 Å². The second-order valence-electron chi connectivity index (χ2n) is 12.4. The number of nitrogens with two attached hydrogens (primary N) is 1. The van der Waals surface area contributed by atoms with Gasteiger partial charge in [0.25, 0.3) is 0 Å². The molecule has 3 heterocycles.